The van der Waals surface area contributed by atoms with Gasteiger partial charge in [-0.1, -0.05) is 67.4 Å². The molecule has 5 rings (SSSR count). The Morgan fingerprint density at radius 3 is 2.46 bits per heavy atom. The van der Waals surface area contributed by atoms with Gasteiger partial charge in [0.2, 0.25) is 0 Å². The summed E-state index contributed by atoms with van der Waals surface area (Å²) in [5.41, 5.74) is 5.54. The van der Waals surface area contributed by atoms with Crippen LogP contribution in [0.25, 0.3) is 11.1 Å². The van der Waals surface area contributed by atoms with Gasteiger partial charge in [0.15, 0.2) is 0 Å². The molecule has 3 heteroatoms. The van der Waals surface area contributed by atoms with Gasteiger partial charge in [-0.2, -0.15) is 0 Å². The number of likely N-dealkylation sites (N-methyl/N-ethyl adjacent to an activating group) is 1. The van der Waals surface area contributed by atoms with Gasteiger partial charge in [0.05, 0.1) is 14.1 Å². The normalized spacial score (nSPS) is 23.1. The fraction of sp³-hybridized carbons (Fsp3) is 0.440. The maximum Gasteiger partial charge on any atom is 0.104 e. The first-order valence-electron chi connectivity index (χ1n) is 10.2. The van der Waals surface area contributed by atoms with Gasteiger partial charge in [-0.15, -0.1) is 0 Å². The predicted molar refractivity (Wildman–Crippen MR) is 121 cm³/mol. The van der Waals surface area contributed by atoms with Crippen LogP contribution in [0.3, 0.4) is 0 Å². The molecule has 3 aliphatic rings. The van der Waals surface area contributed by atoms with E-state index < -0.39 is 0 Å². The molecule has 0 spiro atoms. The quantitative estimate of drug-likeness (QED) is 0.357. The first-order valence-corrected chi connectivity index (χ1v) is 11.0. The minimum absolute atomic E-state index is 0.492. The first-order chi connectivity index (χ1) is 13.2. The van der Waals surface area contributed by atoms with Crippen molar-refractivity contribution >= 4 is 23.2 Å². The molecule has 0 radical (unpaired) electrons. The van der Waals surface area contributed by atoms with Crippen LogP contribution in [0, 0.1) is 17.3 Å². The van der Waals surface area contributed by atoms with Crippen molar-refractivity contribution < 1.29 is 4.48 Å². The van der Waals surface area contributed by atoms with Crippen LogP contribution in [0.2, 0.25) is 10.0 Å². The fourth-order valence-corrected chi connectivity index (χ4v) is 5.75. The van der Waals surface area contributed by atoms with E-state index in [1.165, 1.54) is 18.4 Å². The van der Waals surface area contributed by atoms with Crippen LogP contribution >= 0.6 is 23.2 Å². The molecule has 0 amide bonds. The minimum atomic E-state index is 0.492. The van der Waals surface area contributed by atoms with Crippen molar-refractivity contribution in [3.63, 3.8) is 0 Å². The van der Waals surface area contributed by atoms with E-state index in [9.17, 15) is 0 Å². The summed E-state index contributed by atoms with van der Waals surface area (Å²) >= 11 is 12.8. The molecule has 2 aromatic carbocycles. The Morgan fingerprint density at radius 1 is 1.04 bits per heavy atom. The lowest BCUT2D eigenvalue weighted by Gasteiger charge is -2.57. The summed E-state index contributed by atoms with van der Waals surface area (Å²) in [6.45, 7) is 7.00. The van der Waals surface area contributed by atoms with Gasteiger partial charge in [0.25, 0.3) is 0 Å². The number of allylic oxidation sites excluding steroid dienone is 1. The summed E-state index contributed by atoms with van der Waals surface area (Å²) < 4.78 is 0.954. The fourth-order valence-electron chi connectivity index (χ4n) is 5.25. The van der Waals surface area contributed by atoms with Crippen LogP contribution in [0.5, 0.6) is 0 Å². The van der Waals surface area contributed by atoms with Crippen molar-refractivity contribution in [2.24, 2.45) is 17.3 Å². The highest BCUT2D eigenvalue weighted by atomic mass is 35.5. The second-order valence-electron chi connectivity index (χ2n) is 9.90. The summed E-state index contributed by atoms with van der Waals surface area (Å²) in [6, 6.07) is 14.3. The number of rotatable bonds is 5. The summed E-state index contributed by atoms with van der Waals surface area (Å²) in [5, 5.41) is 1.52. The second-order valence-corrected chi connectivity index (χ2v) is 10.7. The number of fused-ring (bicyclic) bond motifs is 1. The summed E-state index contributed by atoms with van der Waals surface area (Å²) in [7, 11) is 4.66. The summed E-state index contributed by atoms with van der Waals surface area (Å²) in [4.78, 5) is 0. The molecular formula is C25H30Cl2N+. The third-order valence-electron chi connectivity index (χ3n) is 6.97. The Kier molecular flexibility index (Phi) is 5.15. The molecule has 1 saturated carbocycles. The highest BCUT2D eigenvalue weighted by molar-refractivity contribution is 6.33. The van der Waals surface area contributed by atoms with E-state index in [0.29, 0.717) is 5.41 Å². The molecule has 3 aliphatic carbocycles. The van der Waals surface area contributed by atoms with Crippen molar-refractivity contribution in [2.75, 3.05) is 20.6 Å². The monoisotopic (exact) mass is 414 g/mol. The van der Waals surface area contributed by atoms with Crippen LogP contribution < -0.4 is 0 Å². The van der Waals surface area contributed by atoms with Crippen LogP contribution in [0.4, 0.5) is 0 Å². The van der Waals surface area contributed by atoms with E-state index in [0.717, 1.165) is 50.6 Å². The molecule has 1 nitrogen and oxygen atoms in total. The lowest BCUT2D eigenvalue weighted by molar-refractivity contribution is -0.899. The van der Waals surface area contributed by atoms with E-state index >= 15 is 0 Å². The van der Waals surface area contributed by atoms with Crippen LogP contribution in [0.1, 0.15) is 32.3 Å². The summed E-state index contributed by atoms with van der Waals surface area (Å²) in [5.74, 6) is 1.67. The molecule has 0 N–H and O–H groups in total. The van der Waals surface area contributed by atoms with E-state index in [4.69, 9.17) is 23.2 Å². The third-order valence-corrected chi connectivity index (χ3v) is 7.52. The van der Waals surface area contributed by atoms with Gasteiger partial charge in [0, 0.05) is 21.2 Å². The molecule has 28 heavy (non-hydrogen) atoms. The second kappa shape index (κ2) is 7.20. The van der Waals surface area contributed by atoms with E-state index in [1.807, 2.05) is 18.2 Å². The topological polar surface area (TPSA) is 0 Å². The molecule has 0 saturated heterocycles. The standard InChI is InChI=1S/C25H30Cl2N/c1-25(2)20-10-9-19(23(25)14-20)16-28(3,4)15-17-8-11-22(24(27)12-17)18-6-5-7-21(26)13-18/h5-9,11-13,20,23H,10,14-16H2,1-4H3/q+1/t20-,23-/m0/s1. The Morgan fingerprint density at radius 2 is 1.82 bits per heavy atom. The SMILES string of the molecule is CC1(C)[C@H]2CC=C(C[N+](C)(C)Cc3ccc(-c4cccc(Cl)c4)c(Cl)c3)[C@@H]1C2. The molecule has 2 atom stereocenters. The first kappa shape index (κ1) is 20.0. The highest BCUT2D eigenvalue weighted by Gasteiger charge is 2.52. The number of hydrogen-bond donors (Lipinski definition) is 0. The van der Waals surface area contributed by atoms with E-state index in [1.54, 1.807) is 5.57 Å². The smallest absolute Gasteiger partial charge is 0.104 e. The molecule has 0 aliphatic heterocycles. The average molecular weight is 415 g/mol. The average Bonchev–Trinajstić information content (AvgIpc) is 2.61. The number of nitrogens with zero attached hydrogens (tertiary/aromatic N) is 1. The zero-order valence-electron chi connectivity index (χ0n) is 17.3. The molecule has 1 fully saturated rings. The molecule has 0 aromatic heterocycles. The molecular weight excluding hydrogens is 385 g/mol. The number of halogens is 2. The lowest BCUT2D eigenvalue weighted by Crippen LogP contribution is -2.52. The van der Waals surface area contributed by atoms with Crippen LogP contribution in [-0.2, 0) is 6.54 Å². The summed E-state index contributed by atoms with van der Waals surface area (Å²) in [6.07, 6.45) is 5.18. The van der Waals surface area contributed by atoms with Crippen LogP contribution in [0.15, 0.2) is 54.1 Å². The van der Waals surface area contributed by atoms with Crippen molar-refractivity contribution in [2.45, 2.75) is 33.2 Å². The van der Waals surface area contributed by atoms with E-state index in [-0.39, 0.29) is 0 Å². The van der Waals surface area contributed by atoms with Gasteiger partial charge in [-0.05, 0) is 59.4 Å². The van der Waals surface area contributed by atoms with E-state index in [2.05, 4.69) is 58.3 Å². The maximum atomic E-state index is 6.64. The number of hydrogen-bond acceptors (Lipinski definition) is 0. The van der Waals surface area contributed by atoms with Crippen molar-refractivity contribution in [3.8, 4) is 11.1 Å². The molecule has 0 heterocycles. The van der Waals surface area contributed by atoms with Crippen molar-refractivity contribution in [1.29, 1.82) is 0 Å². The largest absolute Gasteiger partial charge is 0.321 e. The Bertz CT molecular complexity index is 926. The minimum Gasteiger partial charge on any atom is -0.321 e. The highest BCUT2D eigenvalue weighted by Crippen LogP contribution is 2.59. The third kappa shape index (κ3) is 3.77. The predicted octanol–water partition coefficient (Wildman–Crippen LogP) is 7.23. The molecule has 2 bridgehead atoms. The number of quaternary nitrogens is 1. The number of benzene rings is 2. The Hall–Kier alpha value is -1.28. The molecule has 2 aromatic rings. The van der Waals surface area contributed by atoms with Gasteiger partial charge >= 0.3 is 0 Å². The van der Waals surface area contributed by atoms with Gasteiger partial charge in [-0.3, -0.25) is 0 Å². The zero-order chi connectivity index (χ0) is 20.1. The Labute approximate surface area is 179 Å². The molecule has 148 valence electrons. The van der Waals surface area contributed by atoms with Crippen molar-refractivity contribution in [1.82, 2.24) is 0 Å². The zero-order valence-corrected chi connectivity index (χ0v) is 18.8. The Balaban J connectivity index is 1.49. The lowest BCUT2D eigenvalue weighted by atomic mass is 9.49. The van der Waals surface area contributed by atoms with Gasteiger partial charge in [0.1, 0.15) is 13.1 Å². The van der Waals surface area contributed by atoms with Crippen LogP contribution in [-0.4, -0.2) is 25.1 Å². The van der Waals surface area contributed by atoms with Gasteiger partial charge < -0.3 is 4.48 Å². The van der Waals surface area contributed by atoms with Gasteiger partial charge in [-0.25, -0.2) is 0 Å². The maximum absolute atomic E-state index is 6.64. The van der Waals surface area contributed by atoms with Crippen molar-refractivity contribution in [3.05, 3.63) is 69.7 Å². The molecule has 0 unspecified atom stereocenters.